The van der Waals surface area contributed by atoms with Crippen LogP contribution >= 0.6 is 0 Å². The lowest BCUT2D eigenvalue weighted by Crippen LogP contribution is -2.30. The number of carbonyl (C=O) groups is 1. The van der Waals surface area contributed by atoms with E-state index in [1.54, 1.807) is 19.1 Å². The van der Waals surface area contributed by atoms with Crippen molar-refractivity contribution in [3.8, 4) is 0 Å². The molecule has 112 valence electrons. The molecule has 2 unspecified atom stereocenters. The molecule has 0 saturated heterocycles. The number of carbonyl (C=O) groups excluding carboxylic acids is 1. The second kappa shape index (κ2) is 8.04. The Kier molecular flexibility index (Phi) is 6.71. The Morgan fingerprint density at radius 2 is 2.10 bits per heavy atom. The van der Waals surface area contributed by atoms with Gasteiger partial charge < -0.3 is 11.1 Å². The highest BCUT2D eigenvalue weighted by molar-refractivity contribution is 7.86. The first-order chi connectivity index (χ1) is 9.45. The molecule has 5 heteroatoms. The van der Waals surface area contributed by atoms with Gasteiger partial charge in [0.1, 0.15) is 5.25 Å². The number of hydrogen-bond donors (Lipinski definition) is 2. The molecular formula is C15H24N2O2S. The van der Waals surface area contributed by atoms with E-state index in [0.717, 1.165) is 24.8 Å². The van der Waals surface area contributed by atoms with Gasteiger partial charge in [0, 0.05) is 27.9 Å². The number of hydrogen-bond acceptors (Lipinski definition) is 3. The number of nitrogen functional groups attached to an aromatic ring is 1. The normalized spacial score (nSPS) is 13.8. The third-order valence-electron chi connectivity index (χ3n) is 3.23. The van der Waals surface area contributed by atoms with E-state index in [1.165, 1.54) is 0 Å². The molecule has 2 atom stereocenters. The first-order valence-electron chi connectivity index (χ1n) is 7.00. The summed E-state index contributed by atoms with van der Waals surface area (Å²) in [6, 6.07) is 5.37. The van der Waals surface area contributed by atoms with Gasteiger partial charge in [0.2, 0.25) is 5.91 Å². The molecular weight excluding hydrogens is 272 g/mol. The maximum Gasteiger partial charge on any atom is 0.239 e. The minimum atomic E-state index is -1.13. The first kappa shape index (κ1) is 16.7. The average molecular weight is 296 g/mol. The van der Waals surface area contributed by atoms with Crippen LogP contribution in [0.5, 0.6) is 0 Å². The lowest BCUT2D eigenvalue weighted by atomic mass is 10.2. The van der Waals surface area contributed by atoms with Crippen LogP contribution in [-0.2, 0) is 15.6 Å². The molecule has 1 rings (SSSR count). The van der Waals surface area contributed by atoms with Crippen LogP contribution in [0.2, 0.25) is 0 Å². The van der Waals surface area contributed by atoms with Crippen LogP contribution in [0.3, 0.4) is 0 Å². The number of nitrogens with one attached hydrogen (secondary N) is 1. The highest BCUT2D eigenvalue weighted by Gasteiger charge is 2.20. The van der Waals surface area contributed by atoms with Crippen molar-refractivity contribution >= 4 is 28.1 Å². The summed E-state index contributed by atoms with van der Waals surface area (Å²) in [5, 5.41) is 2.30. The highest BCUT2D eigenvalue weighted by Crippen LogP contribution is 2.18. The molecule has 0 radical (unpaired) electrons. The molecule has 0 heterocycles. The maximum absolute atomic E-state index is 12.1. The Morgan fingerprint density at radius 3 is 2.75 bits per heavy atom. The summed E-state index contributed by atoms with van der Waals surface area (Å²) in [6.45, 7) is 5.71. The summed E-state index contributed by atoms with van der Waals surface area (Å²) in [7, 11) is -1.13. The van der Waals surface area contributed by atoms with E-state index in [-0.39, 0.29) is 5.91 Å². The van der Waals surface area contributed by atoms with E-state index >= 15 is 0 Å². The van der Waals surface area contributed by atoms with Crippen LogP contribution in [0, 0.1) is 6.92 Å². The number of aryl methyl sites for hydroxylation is 1. The van der Waals surface area contributed by atoms with E-state index in [1.807, 2.05) is 13.0 Å². The summed E-state index contributed by atoms with van der Waals surface area (Å²) in [6.07, 6.45) is 3.03. The van der Waals surface area contributed by atoms with Gasteiger partial charge in [-0.05, 0) is 38.0 Å². The van der Waals surface area contributed by atoms with Crippen LogP contribution in [0.1, 0.15) is 38.7 Å². The van der Waals surface area contributed by atoms with Crippen LogP contribution in [0.4, 0.5) is 11.4 Å². The maximum atomic E-state index is 12.1. The molecule has 1 aromatic rings. The van der Waals surface area contributed by atoms with Crippen molar-refractivity contribution in [3.05, 3.63) is 23.8 Å². The lowest BCUT2D eigenvalue weighted by molar-refractivity contribution is -0.115. The molecule has 0 fully saturated rings. The van der Waals surface area contributed by atoms with Crippen molar-refractivity contribution in [3.63, 3.8) is 0 Å². The van der Waals surface area contributed by atoms with E-state index in [2.05, 4.69) is 12.2 Å². The summed E-state index contributed by atoms with van der Waals surface area (Å²) in [4.78, 5) is 12.1. The van der Waals surface area contributed by atoms with Gasteiger partial charge in [0.05, 0.1) is 0 Å². The summed E-state index contributed by atoms with van der Waals surface area (Å²) in [5.74, 6) is 0.367. The molecule has 0 aliphatic carbocycles. The Bertz CT molecular complexity index is 489. The van der Waals surface area contributed by atoms with Crippen LogP contribution in [-0.4, -0.2) is 21.1 Å². The van der Waals surface area contributed by atoms with Crippen molar-refractivity contribution in [2.45, 2.75) is 45.3 Å². The third-order valence-corrected chi connectivity index (χ3v) is 4.93. The zero-order valence-electron chi connectivity index (χ0n) is 12.4. The largest absolute Gasteiger partial charge is 0.399 e. The van der Waals surface area contributed by atoms with Gasteiger partial charge in [-0.1, -0.05) is 25.8 Å². The molecule has 1 amide bonds. The van der Waals surface area contributed by atoms with Crippen LogP contribution in [0.15, 0.2) is 18.2 Å². The Morgan fingerprint density at radius 1 is 1.40 bits per heavy atom. The fraction of sp³-hybridized carbons (Fsp3) is 0.533. The SMILES string of the molecule is CCCCCS(=O)C(C)C(=O)Nc1cc(N)ccc1C. The van der Waals surface area contributed by atoms with Gasteiger partial charge in [0.25, 0.3) is 0 Å². The Balaban J connectivity index is 2.61. The molecule has 0 aliphatic heterocycles. The van der Waals surface area contributed by atoms with Crippen LogP contribution < -0.4 is 11.1 Å². The molecule has 0 bridgehead atoms. The average Bonchev–Trinajstić information content (AvgIpc) is 2.42. The number of anilines is 2. The smallest absolute Gasteiger partial charge is 0.239 e. The summed E-state index contributed by atoms with van der Waals surface area (Å²) < 4.78 is 12.0. The van der Waals surface area contributed by atoms with E-state index in [0.29, 0.717) is 17.1 Å². The zero-order valence-corrected chi connectivity index (χ0v) is 13.3. The van der Waals surface area contributed by atoms with E-state index < -0.39 is 16.0 Å². The Labute approximate surface area is 123 Å². The number of unbranched alkanes of at least 4 members (excludes halogenated alkanes) is 2. The molecule has 0 aliphatic rings. The third kappa shape index (κ3) is 4.96. The number of rotatable bonds is 7. The molecule has 20 heavy (non-hydrogen) atoms. The topological polar surface area (TPSA) is 72.2 Å². The van der Waals surface area contributed by atoms with E-state index in [4.69, 9.17) is 5.73 Å². The summed E-state index contributed by atoms with van der Waals surface area (Å²) in [5.41, 5.74) is 7.94. The minimum absolute atomic E-state index is 0.214. The molecule has 1 aromatic carbocycles. The Hall–Kier alpha value is -1.36. The van der Waals surface area contributed by atoms with E-state index in [9.17, 15) is 9.00 Å². The lowest BCUT2D eigenvalue weighted by Gasteiger charge is -2.14. The summed E-state index contributed by atoms with van der Waals surface area (Å²) >= 11 is 0. The molecule has 0 spiro atoms. The van der Waals surface area contributed by atoms with Crippen molar-refractivity contribution in [1.29, 1.82) is 0 Å². The van der Waals surface area contributed by atoms with Crippen molar-refractivity contribution in [1.82, 2.24) is 0 Å². The van der Waals surface area contributed by atoms with Gasteiger partial charge >= 0.3 is 0 Å². The zero-order chi connectivity index (χ0) is 15.1. The van der Waals surface area contributed by atoms with Crippen LogP contribution in [0.25, 0.3) is 0 Å². The second-order valence-corrected chi connectivity index (χ2v) is 6.87. The highest BCUT2D eigenvalue weighted by atomic mass is 32.2. The van der Waals surface area contributed by atoms with Gasteiger partial charge in [0.15, 0.2) is 0 Å². The van der Waals surface area contributed by atoms with Gasteiger partial charge in [-0.2, -0.15) is 0 Å². The fourth-order valence-electron chi connectivity index (χ4n) is 1.80. The van der Waals surface area contributed by atoms with Gasteiger partial charge in [-0.15, -0.1) is 0 Å². The molecule has 4 nitrogen and oxygen atoms in total. The number of benzene rings is 1. The number of nitrogens with two attached hydrogens (primary N) is 1. The monoisotopic (exact) mass is 296 g/mol. The van der Waals surface area contributed by atoms with Crippen molar-refractivity contribution in [2.24, 2.45) is 0 Å². The standard InChI is InChI=1S/C15H24N2O2S/c1-4-5-6-9-20(19)12(3)15(18)17-14-10-13(16)8-7-11(14)2/h7-8,10,12H,4-6,9,16H2,1-3H3,(H,17,18). The van der Waals surface area contributed by atoms with Crippen molar-refractivity contribution in [2.75, 3.05) is 16.8 Å². The fourth-order valence-corrected chi connectivity index (χ4v) is 2.94. The quantitative estimate of drug-likeness (QED) is 0.600. The molecule has 0 saturated carbocycles. The number of amides is 1. The predicted molar refractivity (Wildman–Crippen MR) is 86.2 cm³/mol. The van der Waals surface area contributed by atoms with Gasteiger partial charge in [-0.25, -0.2) is 0 Å². The molecule has 3 N–H and O–H groups in total. The second-order valence-electron chi connectivity index (χ2n) is 5.00. The minimum Gasteiger partial charge on any atom is -0.399 e. The first-order valence-corrected chi connectivity index (χ1v) is 8.38. The van der Waals surface area contributed by atoms with Gasteiger partial charge in [-0.3, -0.25) is 9.00 Å². The van der Waals surface area contributed by atoms with Crippen molar-refractivity contribution < 1.29 is 9.00 Å². The predicted octanol–water partition coefficient (Wildman–Crippen LogP) is 2.84. The molecule has 0 aromatic heterocycles.